The van der Waals surface area contributed by atoms with Gasteiger partial charge < -0.3 is 15.5 Å². The van der Waals surface area contributed by atoms with Crippen molar-refractivity contribution in [2.24, 2.45) is 0 Å². The molecule has 0 radical (unpaired) electrons. The highest BCUT2D eigenvalue weighted by atomic mass is 35.5. The number of amides is 1. The molecule has 0 atom stereocenters. The minimum atomic E-state index is -1.20. The zero-order valence-corrected chi connectivity index (χ0v) is 16.2. The average molecular weight is 429 g/mol. The summed E-state index contributed by atoms with van der Waals surface area (Å²) >= 11 is 7.61. The molecule has 1 amide bonds. The second-order valence-electron chi connectivity index (χ2n) is 6.01. The molecule has 0 fully saturated rings. The number of nitrogens with zero attached hydrogens (tertiary/aromatic N) is 3. The lowest BCUT2D eigenvalue weighted by atomic mass is 10.1. The van der Waals surface area contributed by atoms with Crippen LogP contribution in [0.1, 0.15) is 10.4 Å². The first kappa shape index (κ1) is 19.0. The average Bonchev–Trinajstić information content (AvgIpc) is 3.17. The van der Waals surface area contributed by atoms with Gasteiger partial charge in [-0.1, -0.05) is 47.6 Å². The van der Waals surface area contributed by atoms with Crippen LogP contribution in [0.5, 0.6) is 5.75 Å². The molecule has 2 aromatic heterocycles. The van der Waals surface area contributed by atoms with E-state index in [4.69, 9.17) is 16.7 Å². The Hall–Kier alpha value is -3.30. The van der Waals surface area contributed by atoms with Gasteiger partial charge >= 0.3 is 5.97 Å². The van der Waals surface area contributed by atoms with E-state index in [-0.39, 0.29) is 17.0 Å². The maximum Gasteiger partial charge on any atom is 0.322 e. The second kappa shape index (κ2) is 7.61. The third-order valence-corrected chi connectivity index (χ3v) is 5.57. The Morgan fingerprint density at radius 3 is 2.72 bits per heavy atom. The summed E-state index contributed by atoms with van der Waals surface area (Å²) in [7, 11) is 0. The summed E-state index contributed by atoms with van der Waals surface area (Å²) < 4.78 is 1.42. The van der Waals surface area contributed by atoms with Gasteiger partial charge in [-0.25, -0.2) is 9.50 Å². The highest BCUT2D eigenvalue weighted by Crippen LogP contribution is 2.37. The molecule has 0 spiro atoms. The van der Waals surface area contributed by atoms with E-state index in [1.54, 1.807) is 0 Å². The maximum atomic E-state index is 12.3. The Bertz CT molecular complexity index is 1270. The van der Waals surface area contributed by atoms with Crippen molar-refractivity contribution in [1.82, 2.24) is 19.9 Å². The van der Waals surface area contributed by atoms with Crippen LogP contribution < -0.4 is 5.32 Å². The standard InChI is InChI=1S/C19H13ClN4O4S/c20-12-5-1-4-11-10(12)3-2-6-14(11)29-15-7-13(25)17(18-22-9-23-24(15)18)19(28)21-8-16(26)27/h1-7,9,25H,8H2,(H,21,28)(H,26,27). The van der Waals surface area contributed by atoms with Crippen LogP contribution >= 0.6 is 23.4 Å². The van der Waals surface area contributed by atoms with Crippen LogP contribution in [-0.2, 0) is 4.79 Å². The van der Waals surface area contributed by atoms with Gasteiger partial charge in [0.1, 0.15) is 29.2 Å². The lowest BCUT2D eigenvalue weighted by Crippen LogP contribution is -2.29. The number of carbonyl (C=O) groups is 2. The normalized spacial score (nSPS) is 11.1. The van der Waals surface area contributed by atoms with Gasteiger partial charge in [0.05, 0.1) is 0 Å². The van der Waals surface area contributed by atoms with Crippen LogP contribution in [0.15, 0.2) is 58.7 Å². The number of rotatable bonds is 5. The van der Waals surface area contributed by atoms with Crippen LogP contribution in [0.4, 0.5) is 0 Å². The Balaban J connectivity index is 1.78. The monoisotopic (exact) mass is 428 g/mol. The number of aliphatic carboxylic acids is 1. The minimum Gasteiger partial charge on any atom is -0.507 e. The molecular formula is C19H13ClN4O4S. The highest BCUT2D eigenvalue weighted by Gasteiger charge is 2.21. The molecule has 0 bridgehead atoms. The third kappa shape index (κ3) is 3.57. The molecule has 0 aliphatic carbocycles. The lowest BCUT2D eigenvalue weighted by Gasteiger charge is -2.11. The third-order valence-electron chi connectivity index (χ3n) is 4.17. The van der Waals surface area contributed by atoms with Crippen molar-refractivity contribution >= 4 is 51.7 Å². The summed E-state index contributed by atoms with van der Waals surface area (Å²) in [5, 5.41) is 28.5. The number of aromatic hydroxyl groups is 1. The molecular weight excluding hydrogens is 416 g/mol. The van der Waals surface area contributed by atoms with E-state index in [1.165, 1.54) is 28.7 Å². The van der Waals surface area contributed by atoms with Crippen LogP contribution in [0.2, 0.25) is 5.02 Å². The summed E-state index contributed by atoms with van der Waals surface area (Å²) in [5.74, 6) is -2.28. The quantitative estimate of drug-likeness (QED) is 0.446. The van der Waals surface area contributed by atoms with Crippen molar-refractivity contribution in [1.29, 1.82) is 0 Å². The van der Waals surface area contributed by atoms with Crippen LogP contribution in [0.3, 0.4) is 0 Å². The minimum absolute atomic E-state index is 0.119. The molecule has 2 aromatic carbocycles. The van der Waals surface area contributed by atoms with Crippen LogP contribution in [-0.4, -0.2) is 43.2 Å². The maximum absolute atomic E-state index is 12.3. The van der Waals surface area contributed by atoms with Crippen LogP contribution in [0, 0.1) is 0 Å². The molecule has 10 heteroatoms. The van der Waals surface area contributed by atoms with E-state index in [0.717, 1.165) is 15.7 Å². The smallest absolute Gasteiger partial charge is 0.322 e. The van der Waals surface area contributed by atoms with Crippen molar-refractivity contribution in [3.05, 3.63) is 59.4 Å². The SMILES string of the molecule is O=C(O)CNC(=O)c1c(O)cc(Sc2cccc3c(Cl)cccc23)n2ncnc12. The number of hydrogen-bond donors (Lipinski definition) is 3. The zero-order chi connectivity index (χ0) is 20.5. The number of halogens is 1. The largest absolute Gasteiger partial charge is 0.507 e. The van der Waals surface area contributed by atoms with E-state index in [0.29, 0.717) is 10.0 Å². The van der Waals surface area contributed by atoms with Gasteiger partial charge in [0, 0.05) is 21.4 Å². The summed E-state index contributed by atoms with van der Waals surface area (Å²) in [6.45, 7) is -0.578. The molecule has 0 saturated heterocycles. The highest BCUT2D eigenvalue weighted by molar-refractivity contribution is 7.99. The Kier molecular flexibility index (Phi) is 4.99. The van der Waals surface area contributed by atoms with Gasteiger partial charge in [0.25, 0.3) is 5.91 Å². The number of nitrogens with one attached hydrogen (secondary N) is 1. The predicted octanol–water partition coefficient (Wildman–Crippen LogP) is 3.21. The molecule has 0 saturated carbocycles. The molecule has 146 valence electrons. The number of carbonyl (C=O) groups excluding carboxylic acids is 1. The number of fused-ring (bicyclic) bond motifs is 2. The first-order valence-electron chi connectivity index (χ1n) is 8.36. The van der Waals surface area contributed by atoms with Gasteiger partial charge in [0.15, 0.2) is 5.65 Å². The molecule has 0 aliphatic rings. The lowest BCUT2D eigenvalue weighted by molar-refractivity contribution is -0.135. The molecule has 0 aliphatic heterocycles. The summed E-state index contributed by atoms with van der Waals surface area (Å²) in [6.07, 6.45) is 1.26. The predicted molar refractivity (Wildman–Crippen MR) is 108 cm³/mol. The number of hydrogen-bond acceptors (Lipinski definition) is 6. The van der Waals surface area contributed by atoms with Crippen molar-refractivity contribution in [3.8, 4) is 5.75 Å². The summed E-state index contributed by atoms with van der Waals surface area (Å²) in [6, 6.07) is 12.7. The number of pyridine rings is 1. The Labute approximate surface area is 173 Å². The molecule has 4 rings (SSSR count). The van der Waals surface area contributed by atoms with Crippen molar-refractivity contribution in [2.45, 2.75) is 9.92 Å². The fourth-order valence-electron chi connectivity index (χ4n) is 2.92. The van der Waals surface area contributed by atoms with Crippen LogP contribution in [0.25, 0.3) is 16.4 Å². The molecule has 2 heterocycles. The first-order valence-corrected chi connectivity index (χ1v) is 9.56. The molecule has 3 N–H and O–H groups in total. The zero-order valence-electron chi connectivity index (χ0n) is 14.7. The van der Waals surface area contributed by atoms with Gasteiger partial charge in [-0.3, -0.25) is 9.59 Å². The van der Waals surface area contributed by atoms with Crippen molar-refractivity contribution in [3.63, 3.8) is 0 Å². The number of benzene rings is 2. The van der Waals surface area contributed by atoms with E-state index in [9.17, 15) is 14.7 Å². The Morgan fingerprint density at radius 1 is 1.17 bits per heavy atom. The van der Waals surface area contributed by atoms with E-state index in [2.05, 4.69) is 15.4 Å². The molecule has 4 aromatic rings. The van der Waals surface area contributed by atoms with Gasteiger partial charge in [0.2, 0.25) is 0 Å². The first-order chi connectivity index (χ1) is 14.0. The van der Waals surface area contributed by atoms with E-state index < -0.39 is 18.4 Å². The van der Waals surface area contributed by atoms with Crippen molar-refractivity contribution < 1.29 is 19.8 Å². The number of carboxylic acids is 1. The summed E-state index contributed by atoms with van der Waals surface area (Å²) in [5.41, 5.74) is -0.0253. The van der Waals surface area contributed by atoms with E-state index in [1.807, 2.05) is 36.4 Å². The Morgan fingerprint density at radius 2 is 1.93 bits per heavy atom. The summed E-state index contributed by atoms with van der Waals surface area (Å²) in [4.78, 5) is 28.0. The van der Waals surface area contributed by atoms with Gasteiger partial charge in [-0.05, 0) is 17.5 Å². The fourth-order valence-corrected chi connectivity index (χ4v) is 4.21. The second-order valence-corrected chi connectivity index (χ2v) is 7.48. The molecule has 29 heavy (non-hydrogen) atoms. The number of aromatic nitrogens is 3. The molecule has 8 nitrogen and oxygen atoms in total. The number of carboxylic acid groups (broad SMARTS) is 1. The van der Waals surface area contributed by atoms with Gasteiger partial charge in [-0.15, -0.1) is 0 Å². The molecule has 0 unspecified atom stereocenters. The fraction of sp³-hybridized carbons (Fsp3) is 0.0526. The van der Waals surface area contributed by atoms with Gasteiger partial charge in [-0.2, -0.15) is 5.10 Å². The topological polar surface area (TPSA) is 117 Å². The van der Waals surface area contributed by atoms with E-state index >= 15 is 0 Å². The van der Waals surface area contributed by atoms with Crippen molar-refractivity contribution in [2.75, 3.05) is 6.54 Å².